The van der Waals surface area contributed by atoms with Gasteiger partial charge in [0.2, 0.25) is 10.0 Å². The van der Waals surface area contributed by atoms with Gasteiger partial charge in [-0.3, -0.25) is 4.90 Å². The molecule has 2 rings (SSSR count). The number of likely N-dealkylation sites (tertiary alicyclic amines) is 1. The first kappa shape index (κ1) is 17.7. The molecule has 1 saturated heterocycles. The van der Waals surface area contributed by atoms with E-state index in [2.05, 4.69) is 9.62 Å². The number of halogens is 2. The average Bonchev–Trinajstić information content (AvgIpc) is 2.81. The van der Waals surface area contributed by atoms with E-state index in [1.165, 1.54) is 6.07 Å². The van der Waals surface area contributed by atoms with Gasteiger partial charge in [0.25, 0.3) is 0 Å². The van der Waals surface area contributed by atoms with E-state index in [1.54, 1.807) is 6.07 Å². The predicted octanol–water partition coefficient (Wildman–Crippen LogP) is 2.80. The van der Waals surface area contributed by atoms with Crippen LogP contribution in [0.4, 0.5) is 4.39 Å². The van der Waals surface area contributed by atoms with Crippen LogP contribution in [-0.2, 0) is 10.0 Å². The Morgan fingerprint density at radius 1 is 1.45 bits per heavy atom. The minimum absolute atomic E-state index is 0.00362. The lowest BCUT2D eigenvalue weighted by Gasteiger charge is -2.26. The van der Waals surface area contributed by atoms with Crippen LogP contribution < -0.4 is 4.72 Å². The molecule has 1 aromatic carbocycles. The van der Waals surface area contributed by atoms with Crippen LogP contribution in [0.5, 0.6) is 0 Å². The quantitative estimate of drug-likeness (QED) is 0.860. The van der Waals surface area contributed by atoms with Crippen molar-refractivity contribution in [2.24, 2.45) is 5.92 Å². The number of nitrogens with one attached hydrogen (secondary N) is 1. The molecule has 124 valence electrons. The zero-order chi connectivity index (χ0) is 16.3. The van der Waals surface area contributed by atoms with Crippen LogP contribution in [-0.4, -0.2) is 39.2 Å². The Labute approximate surface area is 136 Å². The van der Waals surface area contributed by atoms with Crippen LogP contribution in [0.1, 0.15) is 31.4 Å². The molecule has 0 aromatic heterocycles. The summed E-state index contributed by atoms with van der Waals surface area (Å²) in [7, 11) is -1.25. The van der Waals surface area contributed by atoms with Gasteiger partial charge in [0.15, 0.2) is 0 Å². The smallest absolute Gasteiger partial charge is 0.211 e. The first-order valence-electron chi connectivity index (χ1n) is 7.46. The molecular weight excluding hydrogens is 327 g/mol. The standard InChI is InChI=1S/C15H22ClFN2O2S/c1-3-8-22(20,21)18-10-12-6-7-19(2)15(12)11-4-5-13(16)14(17)9-11/h4-5,9,12,15,18H,3,6-8,10H2,1-2H3/t12-,15-/m1/s1. The van der Waals surface area contributed by atoms with Crippen molar-refractivity contribution in [3.8, 4) is 0 Å². The van der Waals surface area contributed by atoms with E-state index in [0.29, 0.717) is 13.0 Å². The zero-order valence-corrected chi connectivity index (χ0v) is 14.4. The largest absolute Gasteiger partial charge is 0.299 e. The highest BCUT2D eigenvalue weighted by atomic mass is 35.5. The zero-order valence-electron chi connectivity index (χ0n) is 12.9. The number of rotatable bonds is 6. The monoisotopic (exact) mass is 348 g/mol. The molecule has 1 fully saturated rings. The molecule has 7 heteroatoms. The first-order valence-corrected chi connectivity index (χ1v) is 9.49. The molecule has 1 aromatic rings. The molecule has 1 heterocycles. The van der Waals surface area contributed by atoms with E-state index in [-0.39, 0.29) is 22.7 Å². The van der Waals surface area contributed by atoms with Crippen molar-refractivity contribution >= 4 is 21.6 Å². The topological polar surface area (TPSA) is 49.4 Å². The van der Waals surface area contributed by atoms with Gasteiger partial charge in [0.05, 0.1) is 10.8 Å². The fourth-order valence-corrected chi connectivity index (χ4v) is 4.31. The van der Waals surface area contributed by atoms with Gasteiger partial charge < -0.3 is 0 Å². The molecule has 1 aliphatic heterocycles. The van der Waals surface area contributed by atoms with Gasteiger partial charge in [-0.15, -0.1) is 0 Å². The van der Waals surface area contributed by atoms with Crippen LogP contribution in [0.15, 0.2) is 18.2 Å². The number of sulfonamides is 1. The van der Waals surface area contributed by atoms with Crippen LogP contribution in [0.3, 0.4) is 0 Å². The van der Waals surface area contributed by atoms with Crippen LogP contribution in [0.25, 0.3) is 0 Å². The lowest BCUT2D eigenvalue weighted by molar-refractivity contribution is 0.276. The number of nitrogens with zero attached hydrogens (tertiary/aromatic N) is 1. The summed E-state index contributed by atoms with van der Waals surface area (Å²) in [6.45, 7) is 3.07. The summed E-state index contributed by atoms with van der Waals surface area (Å²) in [4.78, 5) is 2.13. The lowest BCUT2D eigenvalue weighted by Crippen LogP contribution is -2.33. The SMILES string of the molecule is CCCS(=O)(=O)NC[C@H]1CCN(C)[C@@H]1c1ccc(Cl)c(F)c1. The average molecular weight is 349 g/mol. The summed E-state index contributed by atoms with van der Waals surface area (Å²) in [6.07, 6.45) is 1.46. The number of hydrogen-bond acceptors (Lipinski definition) is 3. The maximum atomic E-state index is 13.7. The molecule has 0 spiro atoms. The Bertz CT molecular complexity index is 624. The van der Waals surface area contributed by atoms with E-state index in [1.807, 2.05) is 20.0 Å². The van der Waals surface area contributed by atoms with Gasteiger partial charge in [0.1, 0.15) is 5.82 Å². The van der Waals surface area contributed by atoms with Crippen molar-refractivity contribution in [2.45, 2.75) is 25.8 Å². The van der Waals surface area contributed by atoms with Gasteiger partial charge in [-0.25, -0.2) is 17.5 Å². The molecule has 0 amide bonds. The molecule has 1 N–H and O–H groups in total. The first-order chi connectivity index (χ1) is 10.3. The lowest BCUT2D eigenvalue weighted by atomic mass is 9.94. The molecule has 0 aliphatic carbocycles. The summed E-state index contributed by atoms with van der Waals surface area (Å²) < 4.78 is 40.0. The van der Waals surface area contributed by atoms with Crippen LogP contribution in [0, 0.1) is 11.7 Å². The van der Waals surface area contributed by atoms with E-state index >= 15 is 0 Å². The Hall–Kier alpha value is -0.690. The van der Waals surface area contributed by atoms with Crippen molar-refractivity contribution in [1.82, 2.24) is 9.62 Å². The second kappa shape index (κ2) is 7.25. The minimum Gasteiger partial charge on any atom is -0.299 e. The Balaban J connectivity index is 2.12. The summed E-state index contributed by atoms with van der Waals surface area (Å²) in [5, 5.41) is 0.101. The third-order valence-electron chi connectivity index (χ3n) is 4.10. The molecule has 2 atom stereocenters. The predicted molar refractivity (Wildman–Crippen MR) is 87.0 cm³/mol. The minimum atomic E-state index is -3.22. The van der Waals surface area contributed by atoms with Crippen molar-refractivity contribution in [3.05, 3.63) is 34.6 Å². The van der Waals surface area contributed by atoms with E-state index in [0.717, 1.165) is 18.5 Å². The fraction of sp³-hybridized carbons (Fsp3) is 0.600. The Morgan fingerprint density at radius 2 is 2.18 bits per heavy atom. The second-order valence-corrected chi connectivity index (χ2v) is 8.15. The highest BCUT2D eigenvalue weighted by molar-refractivity contribution is 7.89. The normalized spacial score (nSPS) is 23.1. The van der Waals surface area contributed by atoms with Crippen molar-refractivity contribution in [2.75, 3.05) is 25.9 Å². The van der Waals surface area contributed by atoms with Crippen molar-refractivity contribution in [3.63, 3.8) is 0 Å². The highest BCUT2D eigenvalue weighted by Gasteiger charge is 2.33. The van der Waals surface area contributed by atoms with Gasteiger partial charge >= 0.3 is 0 Å². The Morgan fingerprint density at radius 3 is 2.82 bits per heavy atom. The van der Waals surface area contributed by atoms with Gasteiger partial charge in [-0.05, 0) is 50.0 Å². The van der Waals surface area contributed by atoms with Crippen molar-refractivity contribution < 1.29 is 12.8 Å². The second-order valence-electron chi connectivity index (χ2n) is 5.82. The molecule has 0 saturated carbocycles. The summed E-state index contributed by atoms with van der Waals surface area (Å²) in [5.41, 5.74) is 0.835. The summed E-state index contributed by atoms with van der Waals surface area (Å²) >= 11 is 5.74. The van der Waals surface area contributed by atoms with Crippen molar-refractivity contribution in [1.29, 1.82) is 0 Å². The third kappa shape index (κ3) is 4.19. The number of benzene rings is 1. The van der Waals surface area contributed by atoms with E-state index in [9.17, 15) is 12.8 Å². The Kier molecular flexibility index (Phi) is 5.82. The van der Waals surface area contributed by atoms with Gasteiger partial charge in [-0.2, -0.15) is 0 Å². The molecular formula is C15H22ClFN2O2S. The van der Waals surface area contributed by atoms with E-state index in [4.69, 9.17) is 11.6 Å². The third-order valence-corrected chi connectivity index (χ3v) is 5.96. The summed E-state index contributed by atoms with van der Waals surface area (Å²) in [5.74, 6) is -0.183. The molecule has 22 heavy (non-hydrogen) atoms. The summed E-state index contributed by atoms with van der Waals surface area (Å²) in [6, 6.07) is 4.81. The van der Waals surface area contributed by atoms with E-state index < -0.39 is 15.8 Å². The maximum absolute atomic E-state index is 13.7. The molecule has 0 unspecified atom stereocenters. The van der Waals surface area contributed by atoms with Gasteiger partial charge in [-0.1, -0.05) is 24.6 Å². The molecule has 0 radical (unpaired) electrons. The van der Waals surface area contributed by atoms with Gasteiger partial charge in [0, 0.05) is 12.6 Å². The number of hydrogen-bond donors (Lipinski definition) is 1. The van der Waals surface area contributed by atoms with Crippen LogP contribution >= 0.6 is 11.6 Å². The molecule has 1 aliphatic rings. The fourth-order valence-electron chi connectivity index (χ4n) is 3.04. The van der Waals surface area contributed by atoms with Crippen LogP contribution in [0.2, 0.25) is 5.02 Å². The maximum Gasteiger partial charge on any atom is 0.211 e. The highest BCUT2D eigenvalue weighted by Crippen LogP contribution is 2.36. The molecule has 0 bridgehead atoms. The molecule has 4 nitrogen and oxygen atoms in total.